The van der Waals surface area contributed by atoms with Crippen LogP contribution in [0.1, 0.15) is 30.6 Å². The molecule has 0 spiro atoms. The highest BCUT2D eigenvalue weighted by Crippen LogP contribution is 2.27. The zero-order valence-corrected chi connectivity index (χ0v) is 11.2. The summed E-state index contributed by atoms with van der Waals surface area (Å²) in [6.45, 7) is 3.29. The average molecular weight is 260 g/mol. The lowest BCUT2D eigenvalue weighted by molar-refractivity contribution is -0.138. The Balaban J connectivity index is 2.38. The highest BCUT2D eigenvalue weighted by Gasteiger charge is 2.31. The zero-order chi connectivity index (χ0) is 14.2. The first-order chi connectivity index (χ1) is 8.81. The van der Waals surface area contributed by atoms with Crippen molar-refractivity contribution in [1.29, 1.82) is 0 Å². The van der Waals surface area contributed by atoms with Crippen LogP contribution >= 0.6 is 0 Å². The number of benzene rings is 1. The van der Waals surface area contributed by atoms with Crippen LogP contribution in [0.15, 0.2) is 24.5 Å². The maximum atomic E-state index is 12.4. The van der Waals surface area contributed by atoms with E-state index in [0.717, 1.165) is 11.0 Å². The smallest absolute Gasteiger partial charge is 0.304 e. The average Bonchev–Trinajstić information content (AvgIpc) is 2.68. The standard InChI is InChI=1S/C14H16N2O3/c1-14(2,7-12(17)18)13(19)9-4-5-11-10(6-9)15-8-16(11)3/h4-6,8H,7H2,1-3H3,(H,17,18). The second-order valence-electron chi connectivity index (χ2n) is 5.34. The summed E-state index contributed by atoms with van der Waals surface area (Å²) in [5.41, 5.74) is 1.25. The minimum Gasteiger partial charge on any atom is -0.481 e. The van der Waals surface area contributed by atoms with E-state index in [9.17, 15) is 9.59 Å². The van der Waals surface area contributed by atoms with E-state index in [1.54, 1.807) is 32.3 Å². The van der Waals surface area contributed by atoms with Gasteiger partial charge in [-0.05, 0) is 18.2 Å². The number of Topliss-reactive ketones (excluding diaryl/α,β-unsaturated/α-hetero) is 1. The molecule has 0 amide bonds. The Hall–Kier alpha value is -2.17. The van der Waals surface area contributed by atoms with Crippen LogP contribution in [0.3, 0.4) is 0 Å². The largest absolute Gasteiger partial charge is 0.481 e. The molecular weight excluding hydrogens is 244 g/mol. The topological polar surface area (TPSA) is 72.2 Å². The second kappa shape index (κ2) is 4.50. The number of carbonyl (C=O) groups excluding carboxylic acids is 1. The first kappa shape index (κ1) is 13.3. The number of fused-ring (bicyclic) bond motifs is 1. The maximum Gasteiger partial charge on any atom is 0.304 e. The molecule has 2 rings (SSSR count). The Morgan fingerprint density at radius 2 is 2.05 bits per heavy atom. The molecule has 19 heavy (non-hydrogen) atoms. The van der Waals surface area contributed by atoms with Crippen molar-refractivity contribution in [2.75, 3.05) is 0 Å². The van der Waals surface area contributed by atoms with Crippen molar-refractivity contribution in [2.24, 2.45) is 12.5 Å². The van der Waals surface area contributed by atoms with E-state index >= 15 is 0 Å². The molecule has 5 heteroatoms. The predicted octanol–water partition coefficient (Wildman–Crippen LogP) is 2.26. The van der Waals surface area contributed by atoms with Crippen molar-refractivity contribution in [3.63, 3.8) is 0 Å². The molecule has 5 nitrogen and oxygen atoms in total. The highest BCUT2D eigenvalue weighted by atomic mass is 16.4. The lowest BCUT2D eigenvalue weighted by Gasteiger charge is -2.20. The summed E-state index contributed by atoms with van der Waals surface area (Å²) in [4.78, 5) is 27.4. The third-order valence-corrected chi connectivity index (χ3v) is 3.20. The monoisotopic (exact) mass is 260 g/mol. The van der Waals surface area contributed by atoms with Crippen LogP contribution in [0.5, 0.6) is 0 Å². The number of aromatic nitrogens is 2. The van der Waals surface area contributed by atoms with Gasteiger partial charge in [0, 0.05) is 18.0 Å². The van der Waals surface area contributed by atoms with Gasteiger partial charge < -0.3 is 9.67 Å². The molecule has 0 fully saturated rings. The molecule has 1 aromatic carbocycles. The van der Waals surface area contributed by atoms with E-state index in [1.165, 1.54) is 0 Å². The Labute approximate surface area is 110 Å². The van der Waals surface area contributed by atoms with Gasteiger partial charge in [0.2, 0.25) is 0 Å². The van der Waals surface area contributed by atoms with Crippen molar-refractivity contribution in [3.8, 4) is 0 Å². The zero-order valence-electron chi connectivity index (χ0n) is 11.2. The lowest BCUT2D eigenvalue weighted by atomic mass is 9.81. The van der Waals surface area contributed by atoms with Crippen molar-refractivity contribution < 1.29 is 14.7 Å². The molecule has 0 atom stereocenters. The Morgan fingerprint density at radius 3 is 2.68 bits per heavy atom. The molecule has 1 aromatic heterocycles. The SMILES string of the molecule is Cn1cnc2cc(C(=O)C(C)(C)CC(=O)O)ccc21. The van der Waals surface area contributed by atoms with Crippen molar-refractivity contribution in [2.45, 2.75) is 20.3 Å². The van der Waals surface area contributed by atoms with Crippen molar-refractivity contribution in [3.05, 3.63) is 30.1 Å². The number of rotatable bonds is 4. The number of hydrogen-bond acceptors (Lipinski definition) is 3. The number of aliphatic carboxylic acids is 1. The van der Waals surface area contributed by atoms with Gasteiger partial charge in [0.05, 0.1) is 23.8 Å². The fourth-order valence-electron chi connectivity index (χ4n) is 2.13. The normalized spacial score (nSPS) is 11.7. The minimum absolute atomic E-state index is 0.178. The number of aryl methyl sites for hydroxylation is 1. The van der Waals surface area contributed by atoms with Crippen LogP contribution in [-0.4, -0.2) is 26.4 Å². The number of ketones is 1. The van der Waals surface area contributed by atoms with E-state index in [2.05, 4.69) is 4.98 Å². The number of nitrogens with zero attached hydrogens (tertiary/aromatic N) is 2. The number of hydrogen-bond donors (Lipinski definition) is 1. The predicted molar refractivity (Wildman–Crippen MR) is 71.1 cm³/mol. The molecule has 0 aliphatic heterocycles. The maximum absolute atomic E-state index is 12.4. The van der Waals surface area contributed by atoms with Crippen LogP contribution in [0.4, 0.5) is 0 Å². The van der Waals surface area contributed by atoms with E-state index in [1.807, 2.05) is 17.7 Å². The molecule has 1 heterocycles. The van der Waals surface area contributed by atoms with Crippen LogP contribution < -0.4 is 0 Å². The molecule has 0 bridgehead atoms. The molecule has 0 unspecified atom stereocenters. The summed E-state index contributed by atoms with van der Waals surface area (Å²) in [5.74, 6) is -1.15. The molecule has 0 saturated heterocycles. The van der Waals surface area contributed by atoms with Gasteiger partial charge in [-0.2, -0.15) is 0 Å². The van der Waals surface area contributed by atoms with E-state index in [4.69, 9.17) is 5.11 Å². The van der Waals surface area contributed by atoms with E-state index in [-0.39, 0.29) is 12.2 Å². The van der Waals surface area contributed by atoms with Gasteiger partial charge in [-0.3, -0.25) is 9.59 Å². The summed E-state index contributed by atoms with van der Waals surface area (Å²) in [5, 5.41) is 8.85. The number of carbonyl (C=O) groups is 2. The van der Waals surface area contributed by atoms with Crippen LogP contribution in [0.2, 0.25) is 0 Å². The molecule has 100 valence electrons. The first-order valence-electron chi connectivity index (χ1n) is 5.99. The second-order valence-corrected chi connectivity index (χ2v) is 5.34. The van der Waals surface area contributed by atoms with Gasteiger partial charge in [0.25, 0.3) is 0 Å². The van der Waals surface area contributed by atoms with Crippen LogP contribution in [0.25, 0.3) is 11.0 Å². The Bertz CT molecular complexity index is 656. The molecule has 0 saturated carbocycles. The minimum atomic E-state index is -0.975. The van der Waals surface area contributed by atoms with Gasteiger partial charge in [0.15, 0.2) is 5.78 Å². The number of carboxylic acid groups (broad SMARTS) is 1. The van der Waals surface area contributed by atoms with Gasteiger partial charge in [-0.1, -0.05) is 13.8 Å². The molecule has 0 aliphatic rings. The molecule has 0 aliphatic carbocycles. The summed E-state index contributed by atoms with van der Waals surface area (Å²) < 4.78 is 1.87. The van der Waals surface area contributed by atoms with E-state index < -0.39 is 11.4 Å². The number of carboxylic acids is 1. The summed E-state index contributed by atoms with van der Waals surface area (Å²) in [7, 11) is 1.88. The van der Waals surface area contributed by atoms with E-state index in [0.29, 0.717) is 5.56 Å². The van der Waals surface area contributed by atoms with Crippen molar-refractivity contribution >= 4 is 22.8 Å². The Kier molecular flexibility index (Phi) is 3.14. The summed E-state index contributed by atoms with van der Waals surface area (Å²) >= 11 is 0. The van der Waals surface area contributed by atoms with Crippen LogP contribution in [0, 0.1) is 5.41 Å². The van der Waals surface area contributed by atoms with Crippen LogP contribution in [-0.2, 0) is 11.8 Å². The Morgan fingerprint density at radius 1 is 1.37 bits per heavy atom. The molecule has 2 aromatic rings. The molecular formula is C14H16N2O3. The van der Waals surface area contributed by atoms with Gasteiger partial charge in [-0.25, -0.2) is 4.98 Å². The first-order valence-corrected chi connectivity index (χ1v) is 5.99. The van der Waals surface area contributed by atoms with Gasteiger partial charge >= 0.3 is 5.97 Å². The quantitative estimate of drug-likeness (QED) is 0.856. The summed E-state index contributed by atoms with van der Waals surface area (Å²) in [6, 6.07) is 5.25. The third-order valence-electron chi connectivity index (χ3n) is 3.20. The molecule has 0 radical (unpaired) electrons. The highest BCUT2D eigenvalue weighted by molar-refractivity contribution is 6.03. The third kappa shape index (κ3) is 2.50. The van der Waals surface area contributed by atoms with Gasteiger partial charge in [0.1, 0.15) is 0 Å². The number of imidazole rings is 1. The fraction of sp³-hybridized carbons (Fsp3) is 0.357. The lowest BCUT2D eigenvalue weighted by Crippen LogP contribution is -2.27. The van der Waals surface area contributed by atoms with Gasteiger partial charge in [-0.15, -0.1) is 0 Å². The summed E-state index contributed by atoms with van der Waals surface area (Å²) in [6.07, 6.45) is 1.49. The molecule has 1 N–H and O–H groups in total. The van der Waals surface area contributed by atoms with Crippen molar-refractivity contribution in [1.82, 2.24) is 9.55 Å². The fourth-order valence-corrected chi connectivity index (χ4v) is 2.13.